The Bertz CT molecular complexity index is 814. The van der Waals surface area contributed by atoms with Crippen molar-refractivity contribution in [2.45, 2.75) is 44.8 Å². The number of carbonyl (C=O) groups is 2. The SMILES string of the molecule is CC(OC(=O)NC1CCCN(C(=O)c2cccn3cncc23)C1)C1CC1. The molecule has 4 rings (SSSR count). The van der Waals surface area contributed by atoms with E-state index in [-0.39, 0.29) is 24.1 Å². The average molecular weight is 356 g/mol. The molecule has 1 aliphatic carbocycles. The van der Waals surface area contributed by atoms with Crippen LogP contribution in [-0.4, -0.2) is 51.5 Å². The van der Waals surface area contributed by atoms with Gasteiger partial charge >= 0.3 is 6.09 Å². The molecule has 7 nitrogen and oxygen atoms in total. The number of hydrogen-bond acceptors (Lipinski definition) is 4. The normalized spacial score (nSPS) is 21.4. The van der Waals surface area contributed by atoms with E-state index in [1.54, 1.807) is 17.4 Å². The molecule has 26 heavy (non-hydrogen) atoms. The van der Waals surface area contributed by atoms with Crippen LogP contribution in [0.2, 0.25) is 0 Å². The molecule has 2 unspecified atom stereocenters. The fourth-order valence-corrected chi connectivity index (χ4v) is 3.61. The summed E-state index contributed by atoms with van der Waals surface area (Å²) in [6.07, 6.45) is 8.84. The van der Waals surface area contributed by atoms with Gasteiger partial charge in [-0.25, -0.2) is 9.78 Å². The molecule has 2 aliphatic rings. The predicted octanol–water partition coefficient (Wildman–Crippen LogP) is 2.46. The monoisotopic (exact) mass is 356 g/mol. The van der Waals surface area contributed by atoms with Crippen LogP contribution in [0.4, 0.5) is 4.79 Å². The highest BCUT2D eigenvalue weighted by molar-refractivity contribution is 6.00. The van der Waals surface area contributed by atoms with E-state index in [1.807, 2.05) is 29.7 Å². The third-order valence-electron chi connectivity index (χ3n) is 5.29. The summed E-state index contributed by atoms with van der Waals surface area (Å²) in [5.74, 6) is 0.489. The molecule has 0 radical (unpaired) electrons. The molecule has 0 aromatic carbocycles. The van der Waals surface area contributed by atoms with Crippen LogP contribution >= 0.6 is 0 Å². The molecule has 1 aliphatic heterocycles. The predicted molar refractivity (Wildman–Crippen MR) is 95.9 cm³/mol. The van der Waals surface area contributed by atoms with E-state index in [0.29, 0.717) is 24.6 Å². The molecule has 2 aromatic heterocycles. The third kappa shape index (κ3) is 3.52. The van der Waals surface area contributed by atoms with E-state index in [9.17, 15) is 9.59 Å². The number of imidazole rings is 1. The number of carbonyl (C=O) groups excluding carboxylic acids is 2. The van der Waals surface area contributed by atoms with Gasteiger partial charge in [0.05, 0.1) is 23.6 Å². The highest BCUT2D eigenvalue weighted by Crippen LogP contribution is 2.34. The van der Waals surface area contributed by atoms with Crippen LogP contribution < -0.4 is 5.32 Å². The molecule has 2 aromatic rings. The van der Waals surface area contributed by atoms with Crippen LogP contribution in [0, 0.1) is 5.92 Å². The topological polar surface area (TPSA) is 75.9 Å². The standard InChI is InChI=1S/C19H24N4O3/c1-13(14-6-7-14)26-19(25)21-15-4-2-8-22(11-15)18(24)16-5-3-9-23-12-20-10-17(16)23/h3,5,9-10,12-15H,2,4,6-8,11H2,1H3,(H,21,25). The quantitative estimate of drug-likeness (QED) is 0.913. The smallest absolute Gasteiger partial charge is 0.407 e. The maximum atomic E-state index is 13.0. The average Bonchev–Trinajstić information content (AvgIpc) is 3.38. The van der Waals surface area contributed by atoms with E-state index in [4.69, 9.17) is 4.74 Å². The summed E-state index contributed by atoms with van der Waals surface area (Å²) < 4.78 is 7.28. The second-order valence-electron chi connectivity index (χ2n) is 7.29. The molecule has 2 amide bonds. The molecular weight excluding hydrogens is 332 g/mol. The fourth-order valence-electron chi connectivity index (χ4n) is 3.61. The Morgan fingerprint density at radius 3 is 3.00 bits per heavy atom. The van der Waals surface area contributed by atoms with E-state index in [1.165, 1.54) is 0 Å². The van der Waals surface area contributed by atoms with Crippen LogP contribution in [-0.2, 0) is 4.74 Å². The molecule has 1 N–H and O–H groups in total. The molecule has 2 atom stereocenters. The number of rotatable bonds is 4. The highest BCUT2D eigenvalue weighted by atomic mass is 16.6. The molecule has 0 bridgehead atoms. The van der Waals surface area contributed by atoms with E-state index >= 15 is 0 Å². The lowest BCUT2D eigenvalue weighted by Gasteiger charge is -2.33. The van der Waals surface area contributed by atoms with Gasteiger partial charge in [0.15, 0.2) is 0 Å². The largest absolute Gasteiger partial charge is 0.446 e. The molecule has 1 saturated heterocycles. The Balaban J connectivity index is 1.39. The summed E-state index contributed by atoms with van der Waals surface area (Å²) in [5, 5.41) is 2.93. The minimum atomic E-state index is -0.374. The zero-order chi connectivity index (χ0) is 18.1. The summed E-state index contributed by atoms with van der Waals surface area (Å²) in [6, 6.07) is 3.59. The number of amides is 2. The zero-order valence-corrected chi connectivity index (χ0v) is 14.9. The lowest BCUT2D eigenvalue weighted by molar-refractivity contribution is 0.0657. The van der Waals surface area contributed by atoms with Crippen molar-refractivity contribution in [3.8, 4) is 0 Å². The van der Waals surface area contributed by atoms with Crippen molar-refractivity contribution in [3.05, 3.63) is 36.4 Å². The molecular formula is C19H24N4O3. The van der Waals surface area contributed by atoms with Gasteiger partial charge in [-0.15, -0.1) is 0 Å². The first kappa shape index (κ1) is 16.9. The molecule has 0 spiro atoms. The molecule has 138 valence electrons. The molecule has 7 heteroatoms. The minimum absolute atomic E-state index is 0.0256. The zero-order valence-electron chi connectivity index (χ0n) is 14.9. The first-order valence-electron chi connectivity index (χ1n) is 9.29. The minimum Gasteiger partial charge on any atom is -0.446 e. The number of likely N-dealkylation sites (tertiary alicyclic amines) is 1. The van der Waals surface area contributed by atoms with Gasteiger partial charge < -0.3 is 19.4 Å². The number of alkyl carbamates (subject to hydrolysis) is 1. The van der Waals surface area contributed by atoms with Crippen LogP contribution in [0.25, 0.3) is 5.52 Å². The van der Waals surface area contributed by atoms with Gasteiger partial charge in [0, 0.05) is 25.3 Å². The first-order valence-corrected chi connectivity index (χ1v) is 9.29. The van der Waals surface area contributed by atoms with Crippen molar-refractivity contribution in [2.24, 2.45) is 5.92 Å². The number of piperidine rings is 1. The second-order valence-corrected chi connectivity index (χ2v) is 7.29. The van der Waals surface area contributed by atoms with Crippen molar-refractivity contribution in [1.82, 2.24) is 19.6 Å². The third-order valence-corrected chi connectivity index (χ3v) is 5.29. The van der Waals surface area contributed by atoms with Gasteiger partial charge in [-0.2, -0.15) is 0 Å². The summed E-state index contributed by atoms with van der Waals surface area (Å²) in [5.41, 5.74) is 1.43. The number of aromatic nitrogens is 2. The second kappa shape index (κ2) is 6.97. The van der Waals surface area contributed by atoms with Crippen molar-refractivity contribution in [3.63, 3.8) is 0 Å². The van der Waals surface area contributed by atoms with Gasteiger partial charge in [0.25, 0.3) is 5.91 Å². The summed E-state index contributed by atoms with van der Waals surface area (Å²) in [7, 11) is 0. The molecule has 3 heterocycles. The summed E-state index contributed by atoms with van der Waals surface area (Å²) in [6.45, 7) is 3.14. The van der Waals surface area contributed by atoms with Gasteiger partial charge in [-0.1, -0.05) is 0 Å². The fraction of sp³-hybridized carbons (Fsp3) is 0.526. The maximum absolute atomic E-state index is 13.0. The van der Waals surface area contributed by atoms with E-state index in [2.05, 4.69) is 10.3 Å². The number of pyridine rings is 1. The van der Waals surface area contributed by atoms with E-state index < -0.39 is 0 Å². The summed E-state index contributed by atoms with van der Waals surface area (Å²) in [4.78, 5) is 31.0. The van der Waals surface area contributed by atoms with Gasteiger partial charge in [0.2, 0.25) is 0 Å². The van der Waals surface area contributed by atoms with Gasteiger partial charge in [0.1, 0.15) is 6.10 Å². The lowest BCUT2D eigenvalue weighted by Crippen LogP contribution is -2.50. The van der Waals surface area contributed by atoms with Crippen molar-refractivity contribution in [2.75, 3.05) is 13.1 Å². The number of nitrogens with one attached hydrogen (secondary N) is 1. The number of hydrogen-bond donors (Lipinski definition) is 1. The molecule has 1 saturated carbocycles. The van der Waals surface area contributed by atoms with E-state index in [0.717, 1.165) is 31.2 Å². The van der Waals surface area contributed by atoms with Crippen LogP contribution in [0.15, 0.2) is 30.9 Å². The number of ether oxygens (including phenoxy) is 1. The van der Waals surface area contributed by atoms with Crippen molar-refractivity contribution < 1.29 is 14.3 Å². The Labute approximate surface area is 152 Å². The Kier molecular flexibility index (Phi) is 4.53. The van der Waals surface area contributed by atoms with Crippen LogP contribution in [0.1, 0.15) is 43.0 Å². The number of nitrogens with zero attached hydrogens (tertiary/aromatic N) is 3. The maximum Gasteiger partial charge on any atom is 0.407 e. The van der Waals surface area contributed by atoms with Crippen molar-refractivity contribution >= 4 is 17.5 Å². The molecule has 2 fully saturated rings. The van der Waals surface area contributed by atoms with Gasteiger partial charge in [-0.3, -0.25) is 4.79 Å². The number of fused-ring (bicyclic) bond motifs is 1. The summed E-state index contributed by atoms with van der Waals surface area (Å²) >= 11 is 0. The highest BCUT2D eigenvalue weighted by Gasteiger charge is 2.32. The van der Waals surface area contributed by atoms with Gasteiger partial charge in [-0.05, 0) is 50.7 Å². The first-order chi connectivity index (χ1) is 12.6. The van der Waals surface area contributed by atoms with Crippen LogP contribution in [0.3, 0.4) is 0 Å². The lowest BCUT2D eigenvalue weighted by atomic mass is 10.0. The van der Waals surface area contributed by atoms with Crippen molar-refractivity contribution in [1.29, 1.82) is 0 Å². The Morgan fingerprint density at radius 1 is 1.35 bits per heavy atom. The Hall–Kier alpha value is -2.57. The Morgan fingerprint density at radius 2 is 2.19 bits per heavy atom. The van der Waals surface area contributed by atoms with Crippen LogP contribution in [0.5, 0.6) is 0 Å².